The number of ether oxygens (including phenoxy) is 1. The number of methoxy groups -OCH3 is 1. The van der Waals surface area contributed by atoms with Crippen LogP contribution in [0.1, 0.15) is 48.5 Å². The molecule has 1 N–H and O–H groups in total. The van der Waals surface area contributed by atoms with Gasteiger partial charge in [0.1, 0.15) is 29.4 Å². The van der Waals surface area contributed by atoms with E-state index in [9.17, 15) is 19.6 Å². The average Bonchev–Trinajstić information content (AvgIpc) is 2.91. The van der Waals surface area contributed by atoms with Crippen molar-refractivity contribution in [3.63, 3.8) is 0 Å². The lowest BCUT2D eigenvalue weighted by Gasteiger charge is -2.37. The van der Waals surface area contributed by atoms with Crippen LogP contribution in [0.3, 0.4) is 0 Å². The van der Waals surface area contributed by atoms with Gasteiger partial charge in [-0.3, -0.25) is 14.7 Å². The minimum atomic E-state index is -1.21. The first-order chi connectivity index (χ1) is 18.4. The number of pyridine rings is 1. The molecular formula is C30H29F2N3O3. The third kappa shape index (κ3) is 6.45. The molecule has 0 unspecified atom stereocenters. The normalized spacial score (nSPS) is 18.3. The van der Waals surface area contributed by atoms with Crippen LogP contribution in [-0.4, -0.2) is 47.7 Å². The molecule has 1 fully saturated rings. The summed E-state index contributed by atoms with van der Waals surface area (Å²) in [4.78, 5) is 18.0. The zero-order valence-electron chi connectivity index (χ0n) is 21.2. The number of carbonyl (C=O) groups is 1. The molecule has 1 saturated heterocycles. The molecule has 1 aromatic heterocycles. The number of rotatable bonds is 8. The van der Waals surface area contributed by atoms with Crippen molar-refractivity contribution < 1.29 is 23.4 Å². The van der Waals surface area contributed by atoms with Gasteiger partial charge in [-0.25, -0.2) is 8.78 Å². The lowest BCUT2D eigenvalue weighted by atomic mass is 9.79. The van der Waals surface area contributed by atoms with Crippen LogP contribution in [0.15, 0.2) is 48.7 Å². The van der Waals surface area contributed by atoms with E-state index < -0.39 is 18.0 Å². The van der Waals surface area contributed by atoms with Crippen molar-refractivity contribution in [2.75, 3.05) is 26.7 Å². The van der Waals surface area contributed by atoms with Crippen molar-refractivity contribution in [2.24, 2.45) is 11.8 Å². The largest absolute Gasteiger partial charge is 0.497 e. The van der Waals surface area contributed by atoms with Crippen LogP contribution in [0, 0.1) is 40.8 Å². The molecular weight excluding hydrogens is 488 g/mol. The first kappa shape index (κ1) is 27.0. The number of carboxylic acid groups (broad SMARTS) is 1. The van der Waals surface area contributed by atoms with E-state index in [4.69, 9.17) is 4.74 Å². The fourth-order valence-electron chi connectivity index (χ4n) is 5.19. The minimum Gasteiger partial charge on any atom is -0.497 e. The summed E-state index contributed by atoms with van der Waals surface area (Å²) in [6.45, 7) is 1.61. The summed E-state index contributed by atoms with van der Waals surface area (Å²) >= 11 is 0. The van der Waals surface area contributed by atoms with Gasteiger partial charge >= 0.3 is 5.97 Å². The van der Waals surface area contributed by atoms with Gasteiger partial charge in [0.2, 0.25) is 0 Å². The van der Waals surface area contributed by atoms with Crippen LogP contribution in [-0.2, 0) is 4.79 Å². The fourth-order valence-corrected chi connectivity index (χ4v) is 5.19. The van der Waals surface area contributed by atoms with Crippen molar-refractivity contribution in [1.29, 1.82) is 5.26 Å². The molecule has 0 radical (unpaired) electrons. The number of aliphatic carboxylic acids is 1. The second-order valence-electron chi connectivity index (χ2n) is 9.55. The fraction of sp³-hybridized carbons (Fsp3) is 0.367. The summed E-state index contributed by atoms with van der Waals surface area (Å²) in [5.41, 5.74) is 1.51. The van der Waals surface area contributed by atoms with Crippen molar-refractivity contribution in [1.82, 2.24) is 9.88 Å². The summed E-state index contributed by atoms with van der Waals surface area (Å²) in [6.07, 6.45) is 1.99. The highest BCUT2D eigenvalue weighted by Gasteiger charge is 2.31. The third-order valence-electron chi connectivity index (χ3n) is 7.17. The SMILES string of the molecule is COc1ccc2nccc([C@H](F)CC[C@@H]3CCN(CC#Cc4cccc(F)c4C#N)C[C@@H]3CC(=O)O)c2c1. The Morgan fingerprint density at radius 2 is 2.13 bits per heavy atom. The smallest absolute Gasteiger partial charge is 0.303 e. The van der Waals surface area contributed by atoms with Crippen LogP contribution in [0.5, 0.6) is 5.75 Å². The summed E-state index contributed by atoms with van der Waals surface area (Å²) in [7, 11) is 1.57. The number of hydrogen-bond donors (Lipinski definition) is 1. The van der Waals surface area contributed by atoms with E-state index in [1.54, 1.807) is 43.6 Å². The lowest BCUT2D eigenvalue weighted by molar-refractivity contribution is -0.139. The number of hydrogen-bond acceptors (Lipinski definition) is 5. The molecule has 0 aliphatic carbocycles. The van der Waals surface area contributed by atoms with E-state index in [2.05, 4.69) is 21.7 Å². The topological polar surface area (TPSA) is 86.5 Å². The quantitative estimate of drug-likeness (QED) is 0.397. The number of piperidine rings is 1. The number of nitriles is 1. The van der Waals surface area contributed by atoms with Crippen LogP contribution in [0.25, 0.3) is 10.9 Å². The Morgan fingerprint density at radius 3 is 2.89 bits per heavy atom. The van der Waals surface area contributed by atoms with Gasteiger partial charge in [0, 0.05) is 30.1 Å². The number of nitrogens with zero attached hydrogens (tertiary/aromatic N) is 3. The molecule has 3 atom stereocenters. The Morgan fingerprint density at radius 1 is 1.29 bits per heavy atom. The molecule has 0 bridgehead atoms. The van der Waals surface area contributed by atoms with Crippen molar-refractivity contribution in [2.45, 2.75) is 31.9 Å². The molecule has 8 heteroatoms. The van der Waals surface area contributed by atoms with E-state index in [-0.39, 0.29) is 30.2 Å². The zero-order chi connectivity index (χ0) is 27.1. The monoisotopic (exact) mass is 517 g/mol. The number of benzene rings is 2. The number of fused-ring (bicyclic) bond motifs is 1. The van der Waals surface area contributed by atoms with Crippen LogP contribution in [0.4, 0.5) is 8.78 Å². The van der Waals surface area contributed by atoms with Crippen LogP contribution in [0.2, 0.25) is 0 Å². The molecule has 4 rings (SSSR count). The van der Waals surface area contributed by atoms with Crippen molar-refractivity contribution in [3.8, 4) is 23.7 Å². The molecule has 0 amide bonds. The van der Waals surface area contributed by atoms with E-state index in [1.165, 1.54) is 12.1 Å². The van der Waals surface area contributed by atoms with Gasteiger partial charge in [0.25, 0.3) is 0 Å². The Bertz CT molecular complexity index is 1410. The molecule has 3 aromatic rings. The van der Waals surface area contributed by atoms with Gasteiger partial charge in [-0.2, -0.15) is 5.26 Å². The highest BCUT2D eigenvalue weighted by atomic mass is 19.1. The van der Waals surface area contributed by atoms with Crippen molar-refractivity contribution >= 4 is 16.9 Å². The van der Waals surface area contributed by atoms with Gasteiger partial charge in [-0.05, 0) is 79.6 Å². The maximum absolute atomic E-state index is 15.5. The second-order valence-corrected chi connectivity index (χ2v) is 9.55. The van der Waals surface area contributed by atoms with Crippen LogP contribution >= 0.6 is 0 Å². The maximum atomic E-state index is 15.5. The number of likely N-dealkylation sites (tertiary alicyclic amines) is 1. The first-order valence-corrected chi connectivity index (χ1v) is 12.6. The summed E-state index contributed by atoms with van der Waals surface area (Å²) in [6, 6.07) is 13.3. The maximum Gasteiger partial charge on any atom is 0.303 e. The molecule has 0 spiro atoms. The van der Waals surface area contributed by atoms with Crippen LogP contribution < -0.4 is 4.74 Å². The molecule has 1 aliphatic rings. The summed E-state index contributed by atoms with van der Waals surface area (Å²) in [5, 5.41) is 19.4. The predicted octanol–water partition coefficient (Wildman–Crippen LogP) is 5.51. The molecule has 2 aromatic carbocycles. The number of halogens is 2. The van der Waals surface area contributed by atoms with Crippen molar-refractivity contribution in [3.05, 3.63) is 71.2 Å². The number of aromatic nitrogens is 1. The van der Waals surface area contributed by atoms with Gasteiger partial charge in [-0.1, -0.05) is 17.9 Å². The number of carboxylic acids is 1. The molecule has 1 aliphatic heterocycles. The third-order valence-corrected chi connectivity index (χ3v) is 7.17. The Balaban J connectivity index is 1.40. The summed E-state index contributed by atoms with van der Waals surface area (Å²) < 4.78 is 34.6. The van der Waals surface area contributed by atoms with Gasteiger partial charge in [0.15, 0.2) is 0 Å². The molecule has 38 heavy (non-hydrogen) atoms. The second kappa shape index (κ2) is 12.5. The highest BCUT2D eigenvalue weighted by molar-refractivity contribution is 5.83. The highest BCUT2D eigenvalue weighted by Crippen LogP contribution is 2.36. The molecule has 6 nitrogen and oxygen atoms in total. The molecule has 0 saturated carbocycles. The van der Waals surface area contributed by atoms with Gasteiger partial charge in [0.05, 0.1) is 19.2 Å². The lowest BCUT2D eigenvalue weighted by Crippen LogP contribution is -2.41. The Labute approximate surface area is 220 Å². The minimum absolute atomic E-state index is 0.00338. The van der Waals surface area contributed by atoms with E-state index in [1.807, 2.05) is 6.07 Å². The summed E-state index contributed by atoms with van der Waals surface area (Å²) in [5.74, 6) is 4.96. The van der Waals surface area contributed by atoms with Gasteiger partial charge in [-0.15, -0.1) is 0 Å². The molecule has 2 heterocycles. The van der Waals surface area contributed by atoms with E-state index >= 15 is 4.39 Å². The van der Waals surface area contributed by atoms with E-state index in [0.29, 0.717) is 53.8 Å². The molecule has 196 valence electrons. The van der Waals surface area contributed by atoms with Gasteiger partial charge < -0.3 is 9.84 Å². The number of alkyl halides is 1. The first-order valence-electron chi connectivity index (χ1n) is 12.6. The Kier molecular flexibility index (Phi) is 8.89. The standard InChI is InChI=1S/C30H29F2N3O3/c1-38-23-8-10-29-25(17-23)24(11-13-34-29)28(32)9-7-20-12-15-35(19-22(20)16-30(36)37)14-3-5-21-4-2-6-27(31)26(21)18-33/h2,4,6,8,10-11,13,17,20,22,28H,7,9,12,14-16,19H2,1H3,(H,36,37)/t20-,22+,28-/m1/s1. The Hall–Kier alpha value is -4.01. The zero-order valence-corrected chi connectivity index (χ0v) is 21.2. The predicted molar refractivity (Wildman–Crippen MR) is 140 cm³/mol. The average molecular weight is 518 g/mol. The van der Waals surface area contributed by atoms with E-state index in [0.717, 1.165) is 6.42 Å².